The fourth-order valence-electron chi connectivity index (χ4n) is 2.22. The predicted octanol–water partition coefficient (Wildman–Crippen LogP) is 2.67. The Morgan fingerprint density at radius 1 is 1.00 bits per heavy atom. The third-order valence-electron chi connectivity index (χ3n) is 3.37. The molecular formula is C17H16N4O4S. The fraction of sp³-hybridized carbons (Fsp3) is 0.118. The number of hydrogen-bond donors (Lipinski definition) is 2. The summed E-state index contributed by atoms with van der Waals surface area (Å²) >= 11 is 0. The Balaban J connectivity index is 1.68. The van der Waals surface area contributed by atoms with Crippen LogP contribution in [0.5, 0.6) is 0 Å². The van der Waals surface area contributed by atoms with E-state index in [1.54, 1.807) is 55.5 Å². The number of carbonyl (C=O) groups is 1. The molecule has 8 nitrogen and oxygen atoms in total. The molecule has 0 bridgehead atoms. The van der Waals surface area contributed by atoms with Crippen LogP contribution in [0.25, 0.3) is 11.5 Å². The van der Waals surface area contributed by atoms with Gasteiger partial charge in [-0.05, 0) is 55.5 Å². The van der Waals surface area contributed by atoms with Crippen LogP contribution in [0.4, 0.5) is 11.4 Å². The molecule has 0 aliphatic carbocycles. The number of aryl methyl sites for hydroxylation is 1. The Morgan fingerprint density at radius 3 is 2.15 bits per heavy atom. The summed E-state index contributed by atoms with van der Waals surface area (Å²) in [6, 6.07) is 13.1. The molecule has 0 unspecified atom stereocenters. The Labute approximate surface area is 150 Å². The maximum Gasteiger partial charge on any atom is 0.257 e. The Morgan fingerprint density at radius 2 is 1.62 bits per heavy atom. The highest BCUT2D eigenvalue weighted by Crippen LogP contribution is 2.19. The van der Waals surface area contributed by atoms with Gasteiger partial charge >= 0.3 is 0 Å². The molecule has 1 heterocycles. The molecule has 0 aliphatic heterocycles. The second kappa shape index (κ2) is 6.96. The van der Waals surface area contributed by atoms with Crippen LogP contribution < -0.4 is 10.0 Å². The van der Waals surface area contributed by atoms with Gasteiger partial charge in [0.1, 0.15) is 0 Å². The zero-order valence-electron chi connectivity index (χ0n) is 14.1. The third kappa shape index (κ3) is 4.45. The van der Waals surface area contributed by atoms with Crippen molar-refractivity contribution in [3.63, 3.8) is 0 Å². The van der Waals surface area contributed by atoms with Crippen molar-refractivity contribution >= 4 is 27.3 Å². The van der Waals surface area contributed by atoms with Crippen LogP contribution >= 0.6 is 0 Å². The van der Waals surface area contributed by atoms with Crippen molar-refractivity contribution in [2.45, 2.75) is 6.92 Å². The van der Waals surface area contributed by atoms with Gasteiger partial charge in [-0.25, -0.2) is 8.42 Å². The van der Waals surface area contributed by atoms with E-state index >= 15 is 0 Å². The summed E-state index contributed by atoms with van der Waals surface area (Å²) < 4.78 is 29.8. The molecular weight excluding hydrogens is 356 g/mol. The van der Waals surface area contributed by atoms with Gasteiger partial charge in [0.2, 0.25) is 10.0 Å². The lowest BCUT2D eigenvalue weighted by Crippen LogP contribution is -2.12. The lowest BCUT2D eigenvalue weighted by Gasteiger charge is -2.08. The number of anilines is 2. The summed E-state index contributed by atoms with van der Waals surface area (Å²) in [4.78, 5) is 16.4. The van der Waals surface area contributed by atoms with Crippen molar-refractivity contribution in [1.82, 2.24) is 10.1 Å². The highest BCUT2D eigenvalue weighted by molar-refractivity contribution is 7.92. The SMILES string of the molecule is Cc1noc(-c2ccc(C(=O)Nc3ccc(NS(C)(=O)=O)cc3)cc2)n1. The number of nitrogens with zero attached hydrogens (tertiary/aromatic N) is 2. The molecule has 26 heavy (non-hydrogen) atoms. The van der Waals surface area contributed by atoms with E-state index in [9.17, 15) is 13.2 Å². The first-order chi connectivity index (χ1) is 12.3. The Hall–Kier alpha value is -3.20. The monoisotopic (exact) mass is 372 g/mol. The molecule has 3 aromatic rings. The lowest BCUT2D eigenvalue weighted by atomic mass is 10.1. The average molecular weight is 372 g/mol. The first-order valence-corrected chi connectivity index (χ1v) is 9.49. The number of nitrogens with one attached hydrogen (secondary N) is 2. The van der Waals surface area contributed by atoms with E-state index in [4.69, 9.17) is 4.52 Å². The number of benzene rings is 2. The predicted molar refractivity (Wildman–Crippen MR) is 97.3 cm³/mol. The first kappa shape index (κ1) is 17.6. The molecule has 1 aromatic heterocycles. The van der Waals surface area contributed by atoms with Crippen molar-refractivity contribution in [3.05, 3.63) is 59.9 Å². The van der Waals surface area contributed by atoms with Crippen LogP contribution in [-0.2, 0) is 10.0 Å². The van der Waals surface area contributed by atoms with Gasteiger partial charge in [-0.3, -0.25) is 9.52 Å². The minimum absolute atomic E-state index is 0.290. The molecule has 0 saturated carbocycles. The molecule has 0 saturated heterocycles. The van der Waals surface area contributed by atoms with Gasteiger partial charge < -0.3 is 9.84 Å². The minimum atomic E-state index is -3.34. The smallest absolute Gasteiger partial charge is 0.257 e. The quantitative estimate of drug-likeness (QED) is 0.712. The van der Waals surface area contributed by atoms with Crippen molar-refractivity contribution in [2.75, 3.05) is 16.3 Å². The lowest BCUT2D eigenvalue weighted by molar-refractivity contribution is 0.102. The van der Waals surface area contributed by atoms with Gasteiger partial charge in [0.25, 0.3) is 11.8 Å². The Bertz CT molecular complexity index is 1030. The van der Waals surface area contributed by atoms with Crippen LogP contribution in [0.1, 0.15) is 16.2 Å². The first-order valence-electron chi connectivity index (χ1n) is 7.60. The van der Waals surface area contributed by atoms with Gasteiger partial charge in [-0.2, -0.15) is 4.98 Å². The summed E-state index contributed by atoms with van der Waals surface area (Å²) in [6.07, 6.45) is 1.07. The second-order valence-corrected chi connectivity index (χ2v) is 7.38. The number of sulfonamides is 1. The molecule has 0 radical (unpaired) electrons. The van der Waals surface area contributed by atoms with E-state index in [1.165, 1.54) is 0 Å². The molecule has 0 atom stereocenters. The van der Waals surface area contributed by atoms with Gasteiger partial charge in [0.15, 0.2) is 5.82 Å². The van der Waals surface area contributed by atoms with Gasteiger partial charge in [0, 0.05) is 22.5 Å². The summed E-state index contributed by atoms with van der Waals surface area (Å²) in [5.41, 5.74) is 2.15. The van der Waals surface area contributed by atoms with Crippen molar-refractivity contribution in [2.24, 2.45) is 0 Å². The Kier molecular flexibility index (Phi) is 4.72. The van der Waals surface area contributed by atoms with Gasteiger partial charge in [0.05, 0.1) is 6.26 Å². The van der Waals surface area contributed by atoms with E-state index in [0.29, 0.717) is 28.7 Å². The largest absolute Gasteiger partial charge is 0.334 e. The maximum absolute atomic E-state index is 12.3. The zero-order valence-corrected chi connectivity index (χ0v) is 14.9. The molecule has 9 heteroatoms. The second-order valence-electron chi connectivity index (χ2n) is 5.63. The fourth-order valence-corrected chi connectivity index (χ4v) is 2.78. The molecule has 134 valence electrons. The van der Waals surface area contributed by atoms with Crippen LogP contribution in [0.3, 0.4) is 0 Å². The van der Waals surface area contributed by atoms with Crippen molar-refractivity contribution in [3.8, 4) is 11.5 Å². The molecule has 0 aliphatic rings. The number of rotatable bonds is 5. The van der Waals surface area contributed by atoms with E-state index in [-0.39, 0.29) is 5.91 Å². The molecule has 0 spiro atoms. The van der Waals surface area contributed by atoms with Gasteiger partial charge in [-0.1, -0.05) is 5.16 Å². The normalized spacial score (nSPS) is 11.2. The van der Waals surface area contributed by atoms with E-state index in [0.717, 1.165) is 11.8 Å². The number of amides is 1. The van der Waals surface area contributed by atoms with Crippen LogP contribution in [0.15, 0.2) is 53.1 Å². The zero-order chi connectivity index (χ0) is 18.7. The van der Waals surface area contributed by atoms with Crippen molar-refractivity contribution < 1.29 is 17.7 Å². The van der Waals surface area contributed by atoms with E-state index < -0.39 is 10.0 Å². The summed E-state index contributed by atoms with van der Waals surface area (Å²) in [5, 5.41) is 6.47. The average Bonchev–Trinajstić information content (AvgIpc) is 3.02. The minimum Gasteiger partial charge on any atom is -0.334 e. The molecule has 0 fully saturated rings. The molecule has 2 aromatic carbocycles. The summed E-state index contributed by atoms with van der Waals surface area (Å²) in [7, 11) is -3.34. The van der Waals surface area contributed by atoms with Gasteiger partial charge in [-0.15, -0.1) is 0 Å². The number of aromatic nitrogens is 2. The standard InChI is InChI=1S/C17H16N4O4S/c1-11-18-17(25-20-11)13-5-3-12(4-6-13)16(22)19-14-7-9-15(10-8-14)21-26(2,23)24/h3-10,21H,1-2H3,(H,19,22). The molecule has 1 amide bonds. The van der Waals surface area contributed by atoms with E-state index in [2.05, 4.69) is 20.2 Å². The van der Waals surface area contributed by atoms with Crippen LogP contribution in [-0.4, -0.2) is 30.7 Å². The van der Waals surface area contributed by atoms with Crippen LogP contribution in [0, 0.1) is 6.92 Å². The number of hydrogen-bond acceptors (Lipinski definition) is 6. The highest BCUT2D eigenvalue weighted by atomic mass is 32.2. The van der Waals surface area contributed by atoms with Crippen LogP contribution in [0.2, 0.25) is 0 Å². The van der Waals surface area contributed by atoms with E-state index in [1.807, 2.05) is 0 Å². The van der Waals surface area contributed by atoms with Crippen molar-refractivity contribution in [1.29, 1.82) is 0 Å². The molecule has 2 N–H and O–H groups in total. The molecule has 3 rings (SSSR count). The maximum atomic E-state index is 12.3. The highest BCUT2D eigenvalue weighted by Gasteiger charge is 2.10. The summed E-state index contributed by atoms with van der Waals surface area (Å²) in [5.74, 6) is 0.640. The summed E-state index contributed by atoms with van der Waals surface area (Å²) in [6.45, 7) is 1.73. The third-order valence-corrected chi connectivity index (χ3v) is 3.97. The number of carbonyl (C=O) groups excluding carboxylic acids is 1. The topological polar surface area (TPSA) is 114 Å².